The van der Waals surface area contributed by atoms with Gasteiger partial charge in [-0.25, -0.2) is 0 Å². The van der Waals surface area contributed by atoms with Crippen LogP contribution in [0.4, 0.5) is 5.69 Å². The summed E-state index contributed by atoms with van der Waals surface area (Å²) >= 11 is 0. The summed E-state index contributed by atoms with van der Waals surface area (Å²) in [5.74, 6) is 0.728. The molecule has 0 amide bonds. The van der Waals surface area contributed by atoms with E-state index in [1.165, 1.54) is 19.3 Å². The molecule has 1 aromatic carbocycles. The number of nitrogens with zero attached hydrogens (tertiary/aromatic N) is 1. The van der Waals surface area contributed by atoms with E-state index >= 15 is 0 Å². The van der Waals surface area contributed by atoms with Crippen molar-refractivity contribution in [2.45, 2.75) is 44.8 Å². The number of hydrogen-bond donors (Lipinski definition) is 2. The normalized spacial score (nSPS) is 16.6. The molecule has 0 radical (unpaired) electrons. The van der Waals surface area contributed by atoms with Gasteiger partial charge < -0.3 is 19.8 Å². The molecule has 1 fully saturated rings. The number of benzene rings is 1. The first-order chi connectivity index (χ1) is 9.69. The maximum atomic E-state index is 10.1. The quantitative estimate of drug-likeness (QED) is 0.805. The molecule has 1 aromatic rings. The lowest BCUT2D eigenvalue weighted by Crippen LogP contribution is -2.41. The zero-order valence-electron chi connectivity index (χ0n) is 12.4. The predicted molar refractivity (Wildman–Crippen MR) is 80.3 cm³/mol. The van der Waals surface area contributed by atoms with Crippen molar-refractivity contribution in [2.24, 2.45) is 0 Å². The predicted octanol–water partition coefficient (Wildman–Crippen LogP) is 2.49. The minimum Gasteiger partial charge on any atom is -0.496 e. The maximum Gasteiger partial charge on any atom is 0.126 e. The van der Waals surface area contributed by atoms with Gasteiger partial charge in [0.2, 0.25) is 0 Å². The van der Waals surface area contributed by atoms with E-state index in [0.717, 1.165) is 30.0 Å². The molecular weight excluding hydrogens is 254 g/mol. The van der Waals surface area contributed by atoms with Gasteiger partial charge in [-0.05, 0) is 44.7 Å². The van der Waals surface area contributed by atoms with Crippen molar-refractivity contribution in [2.75, 3.05) is 25.2 Å². The lowest BCUT2D eigenvalue weighted by Gasteiger charge is -2.40. The Balaban J connectivity index is 2.35. The molecule has 4 heteroatoms. The molecule has 0 bridgehead atoms. The number of aliphatic hydroxyl groups is 2. The fourth-order valence-corrected chi connectivity index (χ4v) is 2.82. The standard InChI is InChI=1S/C16H25NO3/c1-12(19)16-14(8-4-9-15(16)20-2)17(10-5-11-18)13-6-3-7-13/h4,8-9,12-13,18-19H,3,5-7,10-11H2,1-2H3/t12-/m0/s1. The molecule has 0 unspecified atom stereocenters. The zero-order chi connectivity index (χ0) is 14.5. The lowest BCUT2D eigenvalue weighted by molar-refractivity contribution is 0.194. The van der Waals surface area contributed by atoms with Crippen molar-refractivity contribution >= 4 is 5.69 Å². The minimum atomic E-state index is -0.571. The minimum absolute atomic E-state index is 0.192. The maximum absolute atomic E-state index is 10.1. The molecule has 0 aromatic heterocycles. The molecule has 2 N–H and O–H groups in total. The number of methoxy groups -OCH3 is 1. The Bertz CT molecular complexity index is 430. The van der Waals surface area contributed by atoms with Crippen LogP contribution in [0.1, 0.15) is 44.3 Å². The van der Waals surface area contributed by atoms with Gasteiger partial charge in [0.15, 0.2) is 0 Å². The number of rotatable bonds is 7. The Morgan fingerprint density at radius 1 is 1.40 bits per heavy atom. The van der Waals surface area contributed by atoms with Crippen LogP contribution < -0.4 is 9.64 Å². The molecule has 0 aliphatic heterocycles. The molecule has 1 saturated carbocycles. The smallest absolute Gasteiger partial charge is 0.126 e. The molecule has 2 rings (SSSR count). The number of anilines is 1. The van der Waals surface area contributed by atoms with Gasteiger partial charge in [-0.2, -0.15) is 0 Å². The van der Waals surface area contributed by atoms with Gasteiger partial charge in [0, 0.05) is 30.4 Å². The van der Waals surface area contributed by atoms with Crippen molar-refractivity contribution in [1.82, 2.24) is 0 Å². The Hall–Kier alpha value is -1.26. The van der Waals surface area contributed by atoms with Gasteiger partial charge in [0.25, 0.3) is 0 Å². The largest absolute Gasteiger partial charge is 0.496 e. The van der Waals surface area contributed by atoms with E-state index in [2.05, 4.69) is 4.90 Å². The van der Waals surface area contributed by atoms with E-state index in [-0.39, 0.29) is 6.61 Å². The van der Waals surface area contributed by atoms with Crippen LogP contribution in [-0.2, 0) is 0 Å². The van der Waals surface area contributed by atoms with Crippen molar-refractivity contribution in [1.29, 1.82) is 0 Å². The lowest BCUT2D eigenvalue weighted by atomic mass is 9.90. The Morgan fingerprint density at radius 2 is 2.15 bits per heavy atom. The third-order valence-electron chi connectivity index (χ3n) is 4.06. The van der Waals surface area contributed by atoms with E-state index in [9.17, 15) is 5.11 Å². The summed E-state index contributed by atoms with van der Waals surface area (Å²) < 4.78 is 5.40. The van der Waals surface area contributed by atoms with Crippen LogP contribution in [0.15, 0.2) is 18.2 Å². The van der Waals surface area contributed by atoms with Gasteiger partial charge in [-0.15, -0.1) is 0 Å². The van der Waals surface area contributed by atoms with Gasteiger partial charge in [-0.1, -0.05) is 6.07 Å². The van der Waals surface area contributed by atoms with Crippen LogP contribution in [-0.4, -0.2) is 36.5 Å². The highest BCUT2D eigenvalue weighted by Gasteiger charge is 2.28. The van der Waals surface area contributed by atoms with Crippen molar-refractivity contribution in [3.63, 3.8) is 0 Å². The second kappa shape index (κ2) is 6.95. The van der Waals surface area contributed by atoms with Crippen LogP contribution in [0.2, 0.25) is 0 Å². The first kappa shape index (κ1) is 15.1. The summed E-state index contributed by atoms with van der Waals surface area (Å²) in [6, 6.07) is 6.41. The molecule has 20 heavy (non-hydrogen) atoms. The molecule has 1 aliphatic carbocycles. The third kappa shape index (κ3) is 3.07. The monoisotopic (exact) mass is 279 g/mol. The zero-order valence-corrected chi connectivity index (χ0v) is 12.4. The molecule has 112 valence electrons. The second-order valence-corrected chi connectivity index (χ2v) is 5.42. The van der Waals surface area contributed by atoms with Crippen molar-refractivity contribution < 1.29 is 14.9 Å². The summed E-state index contributed by atoms with van der Waals surface area (Å²) in [6.07, 6.45) is 3.79. The highest BCUT2D eigenvalue weighted by molar-refractivity contribution is 5.61. The van der Waals surface area contributed by atoms with Crippen molar-refractivity contribution in [3.8, 4) is 5.75 Å². The van der Waals surface area contributed by atoms with E-state index in [4.69, 9.17) is 9.84 Å². The summed E-state index contributed by atoms with van der Waals surface area (Å²) in [4.78, 5) is 2.32. The molecule has 1 atom stereocenters. The summed E-state index contributed by atoms with van der Waals surface area (Å²) in [6.45, 7) is 2.78. The number of hydrogen-bond acceptors (Lipinski definition) is 4. The Morgan fingerprint density at radius 3 is 2.65 bits per heavy atom. The highest BCUT2D eigenvalue weighted by atomic mass is 16.5. The van der Waals surface area contributed by atoms with Gasteiger partial charge in [-0.3, -0.25) is 0 Å². The average molecular weight is 279 g/mol. The van der Waals surface area contributed by atoms with E-state index in [1.54, 1.807) is 14.0 Å². The van der Waals surface area contributed by atoms with Crippen LogP contribution in [0.5, 0.6) is 5.75 Å². The van der Waals surface area contributed by atoms with Crippen LogP contribution >= 0.6 is 0 Å². The van der Waals surface area contributed by atoms with Crippen LogP contribution in [0.3, 0.4) is 0 Å². The molecular formula is C16H25NO3. The average Bonchev–Trinajstić information content (AvgIpc) is 2.40. The summed E-state index contributed by atoms with van der Waals surface area (Å²) in [5.41, 5.74) is 1.89. The fraction of sp³-hybridized carbons (Fsp3) is 0.625. The number of aliphatic hydroxyl groups excluding tert-OH is 2. The highest BCUT2D eigenvalue weighted by Crippen LogP contribution is 2.38. The van der Waals surface area contributed by atoms with Gasteiger partial charge >= 0.3 is 0 Å². The molecule has 4 nitrogen and oxygen atoms in total. The van der Waals surface area contributed by atoms with E-state index in [0.29, 0.717) is 6.04 Å². The SMILES string of the molecule is COc1cccc(N(CCCO)C2CCC2)c1[C@H](C)O. The summed E-state index contributed by atoms with van der Waals surface area (Å²) in [7, 11) is 1.63. The van der Waals surface area contributed by atoms with Gasteiger partial charge in [0.1, 0.15) is 5.75 Å². The Labute approximate surface area is 121 Å². The third-order valence-corrected chi connectivity index (χ3v) is 4.06. The van der Waals surface area contributed by atoms with Crippen LogP contribution in [0.25, 0.3) is 0 Å². The van der Waals surface area contributed by atoms with E-state index < -0.39 is 6.10 Å². The number of ether oxygens (including phenoxy) is 1. The molecule has 0 saturated heterocycles. The first-order valence-corrected chi connectivity index (χ1v) is 7.41. The molecule has 1 aliphatic rings. The summed E-state index contributed by atoms with van der Waals surface area (Å²) in [5, 5.41) is 19.2. The first-order valence-electron chi connectivity index (χ1n) is 7.41. The second-order valence-electron chi connectivity index (χ2n) is 5.42. The fourth-order valence-electron chi connectivity index (χ4n) is 2.82. The van der Waals surface area contributed by atoms with Gasteiger partial charge in [0.05, 0.1) is 13.2 Å². The molecule has 0 spiro atoms. The Kier molecular flexibility index (Phi) is 5.26. The topological polar surface area (TPSA) is 52.9 Å². The van der Waals surface area contributed by atoms with E-state index in [1.807, 2.05) is 18.2 Å². The van der Waals surface area contributed by atoms with Crippen LogP contribution in [0, 0.1) is 0 Å². The molecule has 0 heterocycles. The van der Waals surface area contributed by atoms with Crippen molar-refractivity contribution in [3.05, 3.63) is 23.8 Å².